The van der Waals surface area contributed by atoms with Gasteiger partial charge in [0.15, 0.2) is 4.96 Å². The smallest absolute Gasteiger partial charge is 0.230 e. The van der Waals surface area contributed by atoms with Crippen molar-refractivity contribution < 1.29 is 18.4 Å². The first-order valence-corrected chi connectivity index (χ1v) is 9.85. The van der Waals surface area contributed by atoms with E-state index >= 15 is 0 Å². The molecule has 152 valence electrons. The van der Waals surface area contributed by atoms with Crippen molar-refractivity contribution in [3.05, 3.63) is 71.4 Å². The van der Waals surface area contributed by atoms with E-state index in [9.17, 15) is 18.4 Å². The van der Waals surface area contributed by atoms with Gasteiger partial charge in [0.05, 0.1) is 17.8 Å². The highest BCUT2D eigenvalue weighted by molar-refractivity contribution is 7.15. The molecule has 9 heteroatoms. The molecule has 0 aliphatic rings. The number of rotatable bonds is 5. The summed E-state index contributed by atoms with van der Waals surface area (Å²) in [7, 11) is 0. The summed E-state index contributed by atoms with van der Waals surface area (Å²) in [6.45, 7) is 1.34. The number of carbonyl (C=O) groups excluding carboxylic acids is 2. The number of imidazole rings is 1. The van der Waals surface area contributed by atoms with Crippen molar-refractivity contribution in [1.82, 2.24) is 9.38 Å². The van der Waals surface area contributed by atoms with Crippen LogP contribution < -0.4 is 10.6 Å². The Labute approximate surface area is 174 Å². The van der Waals surface area contributed by atoms with E-state index in [0.717, 1.165) is 5.56 Å². The zero-order valence-electron chi connectivity index (χ0n) is 15.8. The Balaban J connectivity index is 1.52. The van der Waals surface area contributed by atoms with Crippen LogP contribution in [0.25, 0.3) is 16.2 Å². The molecule has 0 aliphatic carbocycles. The third-order valence-corrected chi connectivity index (χ3v) is 5.21. The van der Waals surface area contributed by atoms with E-state index in [1.54, 1.807) is 28.1 Å². The third-order valence-electron chi connectivity index (χ3n) is 4.33. The number of carbonyl (C=O) groups is 2. The van der Waals surface area contributed by atoms with E-state index < -0.39 is 11.7 Å². The predicted octanol–water partition coefficient (Wildman–Crippen LogP) is 4.48. The highest BCUT2D eigenvalue weighted by Gasteiger charge is 2.14. The molecule has 4 aromatic rings. The van der Waals surface area contributed by atoms with Crippen LogP contribution in [-0.4, -0.2) is 21.2 Å². The van der Waals surface area contributed by atoms with Crippen molar-refractivity contribution in [2.75, 3.05) is 10.6 Å². The Morgan fingerprint density at radius 3 is 2.60 bits per heavy atom. The van der Waals surface area contributed by atoms with Crippen molar-refractivity contribution in [2.45, 2.75) is 13.3 Å². The number of benzene rings is 2. The zero-order valence-corrected chi connectivity index (χ0v) is 16.6. The molecule has 30 heavy (non-hydrogen) atoms. The first-order valence-electron chi connectivity index (χ1n) is 8.97. The monoisotopic (exact) mass is 426 g/mol. The number of thiazole rings is 1. The largest absolute Gasteiger partial charge is 0.326 e. The number of amides is 2. The Morgan fingerprint density at radius 2 is 1.87 bits per heavy atom. The average molecular weight is 426 g/mol. The van der Waals surface area contributed by atoms with Crippen LogP contribution in [0.3, 0.4) is 0 Å². The van der Waals surface area contributed by atoms with Crippen molar-refractivity contribution in [3.63, 3.8) is 0 Å². The molecule has 0 saturated heterocycles. The van der Waals surface area contributed by atoms with Crippen LogP contribution in [0.5, 0.6) is 0 Å². The average Bonchev–Trinajstić information content (AvgIpc) is 3.27. The summed E-state index contributed by atoms with van der Waals surface area (Å²) < 4.78 is 29.0. The molecule has 2 aromatic heterocycles. The van der Waals surface area contributed by atoms with Gasteiger partial charge in [0, 0.05) is 35.4 Å². The summed E-state index contributed by atoms with van der Waals surface area (Å²) in [5, 5.41) is 6.89. The molecule has 2 aromatic carbocycles. The Kier molecular flexibility index (Phi) is 5.28. The topological polar surface area (TPSA) is 75.5 Å². The maximum Gasteiger partial charge on any atom is 0.230 e. The van der Waals surface area contributed by atoms with Gasteiger partial charge in [-0.2, -0.15) is 0 Å². The van der Waals surface area contributed by atoms with Gasteiger partial charge in [-0.15, -0.1) is 11.3 Å². The van der Waals surface area contributed by atoms with Crippen molar-refractivity contribution in [3.8, 4) is 11.3 Å². The highest BCUT2D eigenvalue weighted by atomic mass is 32.1. The number of aromatic nitrogens is 2. The first kappa shape index (κ1) is 19.7. The standard InChI is InChI=1S/C21H16F2N4O2S/c1-12(28)24-15-6-7-17(23)18(8-15)25-20(29)9-16-11-30-21-26-19(10-27(16)21)13-2-4-14(22)5-3-13/h2-8,10-11H,9H2,1H3,(H,24,28)(H,25,29). The van der Waals surface area contributed by atoms with Gasteiger partial charge in [0.25, 0.3) is 0 Å². The van der Waals surface area contributed by atoms with Gasteiger partial charge in [0.1, 0.15) is 11.6 Å². The summed E-state index contributed by atoms with van der Waals surface area (Å²) in [6, 6.07) is 9.95. The lowest BCUT2D eigenvalue weighted by molar-refractivity contribution is -0.116. The van der Waals surface area contributed by atoms with E-state index in [-0.39, 0.29) is 23.8 Å². The number of nitrogens with zero attached hydrogens (tertiary/aromatic N) is 2. The molecule has 0 radical (unpaired) electrons. The summed E-state index contributed by atoms with van der Waals surface area (Å²) in [5.41, 5.74) is 2.48. The fourth-order valence-corrected chi connectivity index (χ4v) is 3.85. The van der Waals surface area contributed by atoms with Crippen LogP contribution in [0.4, 0.5) is 20.2 Å². The Bertz CT molecular complexity index is 1250. The van der Waals surface area contributed by atoms with Gasteiger partial charge < -0.3 is 10.6 Å². The minimum absolute atomic E-state index is 0.00300. The molecule has 0 aliphatic heterocycles. The molecule has 0 unspecified atom stereocenters. The lowest BCUT2D eigenvalue weighted by Crippen LogP contribution is -2.16. The second-order valence-corrected chi connectivity index (χ2v) is 7.45. The molecule has 0 atom stereocenters. The third kappa shape index (κ3) is 4.20. The number of anilines is 2. The minimum Gasteiger partial charge on any atom is -0.326 e. The molecule has 6 nitrogen and oxygen atoms in total. The van der Waals surface area contributed by atoms with Gasteiger partial charge in [-0.3, -0.25) is 14.0 Å². The number of hydrogen-bond donors (Lipinski definition) is 2. The Hall–Kier alpha value is -3.59. The van der Waals surface area contributed by atoms with Gasteiger partial charge >= 0.3 is 0 Å². The maximum absolute atomic E-state index is 14.1. The van der Waals surface area contributed by atoms with Crippen LogP contribution in [-0.2, 0) is 16.0 Å². The molecular formula is C21H16F2N4O2S. The molecule has 0 saturated carbocycles. The zero-order chi connectivity index (χ0) is 21.3. The normalized spacial score (nSPS) is 10.9. The van der Waals surface area contributed by atoms with Crippen LogP contribution in [0, 0.1) is 11.6 Å². The second-order valence-electron chi connectivity index (χ2n) is 6.61. The SMILES string of the molecule is CC(=O)Nc1ccc(F)c(NC(=O)Cc2csc3nc(-c4ccc(F)cc4)cn23)c1. The van der Waals surface area contributed by atoms with Gasteiger partial charge in [-0.25, -0.2) is 13.8 Å². The van der Waals surface area contributed by atoms with Crippen LogP contribution >= 0.6 is 11.3 Å². The summed E-state index contributed by atoms with van der Waals surface area (Å²) in [5.74, 6) is -1.64. The van der Waals surface area contributed by atoms with E-state index in [0.29, 0.717) is 22.0 Å². The molecule has 0 fully saturated rings. The molecule has 0 bridgehead atoms. The van der Waals surface area contributed by atoms with E-state index in [1.165, 1.54) is 48.6 Å². The van der Waals surface area contributed by atoms with Crippen molar-refractivity contribution >= 4 is 39.5 Å². The quantitative estimate of drug-likeness (QED) is 0.494. The van der Waals surface area contributed by atoms with Gasteiger partial charge in [0.2, 0.25) is 11.8 Å². The lowest BCUT2D eigenvalue weighted by atomic mass is 10.2. The van der Waals surface area contributed by atoms with Crippen LogP contribution in [0.2, 0.25) is 0 Å². The molecule has 2 N–H and O–H groups in total. The summed E-state index contributed by atoms with van der Waals surface area (Å²) >= 11 is 1.37. The van der Waals surface area contributed by atoms with E-state index in [4.69, 9.17) is 0 Å². The van der Waals surface area contributed by atoms with Crippen LogP contribution in [0.15, 0.2) is 54.0 Å². The summed E-state index contributed by atoms with van der Waals surface area (Å²) in [4.78, 5) is 28.9. The molecule has 2 heterocycles. The first-order chi connectivity index (χ1) is 14.4. The van der Waals surface area contributed by atoms with Gasteiger partial charge in [-0.05, 0) is 42.5 Å². The van der Waals surface area contributed by atoms with E-state index in [1.807, 2.05) is 0 Å². The van der Waals surface area contributed by atoms with E-state index in [2.05, 4.69) is 15.6 Å². The molecular weight excluding hydrogens is 410 g/mol. The van der Waals surface area contributed by atoms with Crippen LogP contribution in [0.1, 0.15) is 12.6 Å². The number of halogens is 2. The van der Waals surface area contributed by atoms with Gasteiger partial charge in [-0.1, -0.05) is 0 Å². The molecule has 2 amide bonds. The number of hydrogen-bond acceptors (Lipinski definition) is 4. The highest BCUT2D eigenvalue weighted by Crippen LogP contribution is 2.25. The minimum atomic E-state index is -0.603. The summed E-state index contributed by atoms with van der Waals surface area (Å²) in [6.07, 6.45) is 1.78. The number of nitrogens with one attached hydrogen (secondary N) is 2. The second kappa shape index (κ2) is 8.03. The number of fused-ring (bicyclic) bond motifs is 1. The molecule has 0 spiro atoms. The maximum atomic E-state index is 14.1. The lowest BCUT2D eigenvalue weighted by Gasteiger charge is -2.09. The fourth-order valence-electron chi connectivity index (χ4n) is 2.98. The van der Waals surface area contributed by atoms with Crippen molar-refractivity contribution in [2.24, 2.45) is 0 Å². The predicted molar refractivity (Wildman–Crippen MR) is 112 cm³/mol. The molecule has 4 rings (SSSR count). The van der Waals surface area contributed by atoms with Crippen molar-refractivity contribution in [1.29, 1.82) is 0 Å². The Morgan fingerprint density at radius 1 is 1.10 bits per heavy atom. The fraction of sp³-hybridized carbons (Fsp3) is 0.0952.